The summed E-state index contributed by atoms with van der Waals surface area (Å²) in [7, 11) is 0. The fourth-order valence-corrected chi connectivity index (χ4v) is 1.55. The molecule has 0 aromatic heterocycles. The van der Waals surface area contributed by atoms with Crippen LogP contribution in [0.4, 0.5) is 0 Å². The van der Waals surface area contributed by atoms with Gasteiger partial charge in [0.1, 0.15) is 0 Å². The number of rotatable bonds is 4. The lowest BCUT2D eigenvalue weighted by Gasteiger charge is -2.14. The predicted octanol–water partition coefficient (Wildman–Crippen LogP) is 1.39. The second kappa shape index (κ2) is 5.00. The molecule has 2 nitrogen and oxygen atoms in total. The van der Waals surface area contributed by atoms with Gasteiger partial charge in [-0.15, -0.1) is 0 Å². The molecule has 13 heavy (non-hydrogen) atoms. The average Bonchev–Trinajstić information content (AvgIpc) is 2.14. The zero-order valence-corrected chi connectivity index (χ0v) is 8.16. The van der Waals surface area contributed by atoms with Gasteiger partial charge in [0.2, 0.25) is 0 Å². The van der Waals surface area contributed by atoms with Gasteiger partial charge in [-0.1, -0.05) is 29.8 Å². The molecule has 0 fully saturated rings. The normalized spacial score (nSPS) is 12.8. The highest BCUT2D eigenvalue weighted by atomic mass is 14.6. The highest BCUT2D eigenvalue weighted by Crippen LogP contribution is 2.18. The van der Waals surface area contributed by atoms with E-state index >= 15 is 0 Å². The van der Waals surface area contributed by atoms with Crippen molar-refractivity contribution in [3.8, 4) is 0 Å². The Bertz CT molecular complexity index is 258. The minimum atomic E-state index is 0.421. The summed E-state index contributed by atoms with van der Waals surface area (Å²) in [5.41, 5.74) is 13.8. The molecule has 1 aromatic carbocycles. The molecule has 0 spiro atoms. The number of nitrogens with two attached hydrogens (primary N) is 2. The maximum absolute atomic E-state index is 5.69. The third-order valence-corrected chi connectivity index (χ3v) is 2.31. The molecule has 1 rings (SSSR count). The van der Waals surface area contributed by atoms with E-state index in [4.69, 9.17) is 11.5 Å². The minimum Gasteiger partial charge on any atom is -0.330 e. The molecule has 1 unspecified atom stereocenters. The lowest BCUT2D eigenvalue weighted by atomic mass is 9.95. The summed E-state index contributed by atoms with van der Waals surface area (Å²) in [6.07, 6.45) is 0.972. The number of hydrogen-bond donors (Lipinski definition) is 2. The van der Waals surface area contributed by atoms with Crippen LogP contribution in [-0.2, 0) is 0 Å². The van der Waals surface area contributed by atoms with Crippen LogP contribution >= 0.6 is 0 Å². The van der Waals surface area contributed by atoms with E-state index in [2.05, 4.69) is 31.2 Å². The molecule has 0 heterocycles. The molecular formula is C11H18N2. The Balaban J connectivity index is 2.78. The van der Waals surface area contributed by atoms with Crippen molar-refractivity contribution in [3.63, 3.8) is 0 Å². The molecule has 0 aliphatic carbocycles. The van der Waals surface area contributed by atoms with Crippen LogP contribution in [0, 0.1) is 6.92 Å². The van der Waals surface area contributed by atoms with Gasteiger partial charge in [-0.25, -0.2) is 0 Å². The number of aryl methyl sites for hydroxylation is 1. The van der Waals surface area contributed by atoms with E-state index in [-0.39, 0.29) is 0 Å². The summed E-state index contributed by atoms with van der Waals surface area (Å²) < 4.78 is 0. The van der Waals surface area contributed by atoms with Crippen LogP contribution in [-0.4, -0.2) is 13.1 Å². The SMILES string of the molecule is Cc1cccc(C(CN)CCN)c1. The van der Waals surface area contributed by atoms with E-state index in [1.807, 2.05) is 0 Å². The van der Waals surface area contributed by atoms with Crippen molar-refractivity contribution in [1.82, 2.24) is 0 Å². The van der Waals surface area contributed by atoms with Crippen molar-refractivity contribution in [3.05, 3.63) is 35.4 Å². The molecule has 0 radical (unpaired) electrons. The Labute approximate surface area is 79.9 Å². The Morgan fingerprint density at radius 1 is 1.31 bits per heavy atom. The summed E-state index contributed by atoms with van der Waals surface area (Å²) in [5, 5.41) is 0. The average molecular weight is 178 g/mol. The van der Waals surface area contributed by atoms with Crippen molar-refractivity contribution >= 4 is 0 Å². The van der Waals surface area contributed by atoms with Crippen molar-refractivity contribution in [1.29, 1.82) is 0 Å². The van der Waals surface area contributed by atoms with Crippen LogP contribution in [0.25, 0.3) is 0 Å². The Morgan fingerprint density at radius 2 is 2.08 bits per heavy atom. The standard InChI is InChI=1S/C11H18N2/c1-9-3-2-4-10(7-9)11(8-13)5-6-12/h2-4,7,11H,5-6,8,12-13H2,1H3. The van der Waals surface area contributed by atoms with E-state index in [1.165, 1.54) is 11.1 Å². The lowest BCUT2D eigenvalue weighted by Crippen LogP contribution is -2.16. The molecule has 0 aliphatic rings. The minimum absolute atomic E-state index is 0.421. The van der Waals surface area contributed by atoms with E-state index < -0.39 is 0 Å². The second-order valence-corrected chi connectivity index (χ2v) is 3.42. The fraction of sp³-hybridized carbons (Fsp3) is 0.455. The van der Waals surface area contributed by atoms with Gasteiger partial charge in [0.25, 0.3) is 0 Å². The van der Waals surface area contributed by atoms with Crippen LogP contribution in [0.1, 0.15) is 23.5 Å². The first kappa shape index (κ1) is 10.2. The van der Waals surface area contributed by atoms with Crippen molar-refractivity contribution < 1.29 is 0 Å². The molecule has 1 aromatic rings. The molecule has 0 aliphatic heterocycles. The lowest BCUT2D eigenvalue weighted by molar-refractivity contribution is 0.642. The molecule has 0 saturated heterocycles. The fourth-order valence-electron chi connectivity index (χ4n) is 1.55. The van der Waals surface area contributed by atoms with Gasteiger partial charge >= 0.3 is 0 Å². The Hall–Kier alpha value is -0.860. The summed E-state index contributed by atoms with van der Waals surface area (Å²) in [5.74, 6) is 0.421. The zero-order chi connectivity index (χ0) is 9.68. The van der Waals surface area contributed by atoms with E-state index in [0.717, 1.165) is 6.42 Å². The Morgan fingerprint density at radius 3 is 2.62 bits per heavy atom. The second-order valence-electron chi connectivity index (χ2n) is 3.42. The third-order valence-electron chi connectivity index (χ3n) is 2.31. The Kier molecular flexibility index (Phi) is 3.93. The maximum atomic E-state index is 5.69. The van der Waals surface area contributed by atoms with Gasteiger partial charge in [-0.2, -0.15) is 0 Å². The zero-order valence-electron chi connectivity index (χ0n) is 8.16. The van der Waals surface area contributed by atoms with Crippen LogP contribution < -0.4 is 11.5 Å². The van der Waals surface area contributed by atoms with E-state index in [0.29, 0.717) is 19.0 Å². The van der Waals surface area contributed by atoms with Crippen LogP contribution in [0.15, 0.2) is 24.3 Å². The van der Waals surface area contributed by atoms with Crippen LogP contribution in [0.3, 0.4) is 0 Å². The summed E-state index contributed by atoms with van der Waals surface area (Å²) >= 11 is 0. The monoisotopic (exact) mass is 178 g/mol. The van der Waals surface area contributed by atoms with Crippen molar-refractivity contribution in [2.45, 2.75) is 19.3 Å². The molecule has 0 bridgehead atoms. The van der Waals surface area contributed by atoms with Crippen LogP contribution in [0.2, 0.25) is 0 Å². The first-order chi connectivity index (χ1) is 6.27. The van der Waals surface area contributed by atoms with Gasteiger partial charge in [0, 0.05) is 0 Å². The molecular weight excluding hydrogens is 160 g/mol. The van der Waals surface area contributed by atoms with Gasteiger partial charge in [-0.05, 0) is 37.9 Å². The molecule has 72 valence electrons. The van der Waals surface area contributed by atoms with Crippen molar-refractivity contribution in [2.24, 2.45) is 11.5 Å². The molecule has 0 saturated carbocycles. The van der Waals surface area contributed by atoms with Crippen molar-refractivity contribution in [2.75, 3.05) is 13.1 Å². The van der Waals surface area contributed by atoms with Gasteiger partial charge in [0.05, 0.1) is 0 Å². The van der Waals surface area contributed by atoms with Gasteiger partial charge in [-0.3, -0.25) is 0 Å². The predicted molar refractivity (Wildman–Crippen MR) is 56.6 cm³/mol. The highest BCUT2D eigenvalue weighted by Gasteiger charge is 2.07. The quantitative estimate of drug-likeness (QED) is 0.732. The number of hydrogen-bond acceptors (Lipinski definition) is 2. The number of benzene rings is 1. The maximum Gasteiger partial charge on any atom is -0.000776 e. The molecule has 0 amide bonds. The van der Waals surface area contributed by atoms with E-state index in [9.17, 15) is 0 Å². The molecule has 4 N–H and O–H groups in total. The molecule has 2 heteroatoms. The third kappa shape index (κ3) is 2.83. The summed E-state index contributed by atoms with van der Waals surface area (Å²) in [6, 6.07) is 8.48. The first-order valence-electron chi connectivity index (χ1n) is 4.74. The van der Waals surface area contributed by atoms with Gasteiger partial charge in [0.15, 0.2) is 0 Å². The highest BCUT2D eigenvalue weighted by molar-refractivity contribution is 5.25. The molecule has 1 atom stereocenters. The topological polar surface area (TPSA) is 52.0 Å². The smallest absolute Gasteiger partial charge is 0.000776 e. The largest absolute Gasteiger partial charge is 0.330 e. The first-order valence-corrected chi connectivity index (χ1v) is 4.74. The summed E-state index contributed by atoms with van der Waals surface area (Å²) in [6.45, 7) is 3.48. The summed E-state index contributed by atoms with van der Waals surface area (Å²) in [4.78, 5) is 0. The van der Waals surface area contributed by atoms with E-state index in [1.54, 1.807) is 0 Å². The van der Waals surface area contributed by atoms with Crippen LogP contribution in [0.5, 0.6) is 0 Å². The van der Waals surface area contributed by atoms with Gasteiger partial charge < -0.3 is 11.5 Å².